The Morgan fingerprint density at radius 3 is 2.75 bits per heavy atom. The third-order valence-corrected chi connectivity index (χ3v) is 4.76. The van der Waals surface area contributed by atoms with Crippen LogP contribution in [0.4, 0.5) is 0 Å². The molecular formula is C11H19N5O3S. The summed E-state index contributed by atoms with van der Waals surface area (Å²) < 4.78 is 26.7. The number of sulfonamides is 1. The number of amides is 1. The van der Waals surface area contributed by atoms with Gasteiger partial charge in [0, 0.05) is 26.2 Å². The van der Waals surface area contributed by atoms with Gasteiger partial charge < -0.3 is 10.3 Å². The van der Waals surface area contributed by atoms with Gasteiger partial charge in [-0.1, -0.05) is 0 Å². The third-order valence-electron chi connectivity index (χ3n) is 3.32. The topological polar surface area (TPSA) is 107 Å². The molecule has 0 saturated carbocycles. The molecular weight excluding hydrogens is 282 g/mol. The second-order valence-corrected chi connectivity index (χ2v) is 6.44. The summed E-state index contributed by atoms with van der Waals surface area (Å²) in [6.45, 7) is 1.75. The molecule has 8 nitrogen and oxygen atoms in total. The predicted octanol–water partition coefficient (Wildman–Crippen LogP) is -1.10. The molecule has 0 radical (unpaired) electrons. The van der Waals surface area contributed by atoms with Crippen molar-refractivity contribution in [3.05, 3.63) is 12.5 Å². The second-order valence-electron chi connectivity index (χ2n) is 4.76. The minimum Gasteiger partial charge on any atom is -0.358 e. The maximum Gasteiger partial charge on any atom is 0.257 e. The van der Waals surface area contributed by atoms with Gasteiger partial charge in [-0.3, -0.25) is 9.69 Å². The molecule has 0 aromatic carbocycles. The van der Waals surface area contributed by atoms with Gasteiger partial charge in [-0.2, -0.15) is 0 Å². The number of carbonyl (C=O) groups is 1. The number of carbonyl (C=O) groups excluding carboxylic acids is 1. The molecule has 3 N–H and O–H groups in total. The largest absolute Gasteiger partial charge is 0.358 e. The highest BCUT2D eigenvalue weighted by molar-refractivity contribution is 7.89. The standard InChI is InChI=1S/C11H19N5O3S/c1-12-10(17)7-16-4-2-9(3-5-16)15-20(18,19)11-6-13-8-14-11/h6,8-9,15H,2-5,7H2,1H3,(H,12,17)(H,13,14). The summed E-state index contributed by atoms with van der Waals surface area (Å²) in [7, 11) is -1.92. The predicted molar refractivity (Wildman–Crippen MR) is 72.4 cm³/mol. The lowest BCUT2D eigenvalue weighted by atomic mass is 10.1. The lowest BCUT2D eigenvalue weighted by Crippen LogP contribution is -2.47. The molecule has 0 atom stereocenters. The molecule has 0 aliphatic carbocycles. The number of nitrogens with zero attached hydrogens (tertiary/aromatic N) is 2. The number of likely N-dealkylation sites (tertiary alicyclic amines) is 1. The molecule has 1 saturated heterocycles. The number of nitrogens with one attached hydrogen (secondary N) is 3. The van der Waals surface area contributed by atoms with Gasteiger partial charge in [0.15, 0.2) is 5.03 Å². The van der Waals surface area contributed by atoms with Crippen LogP contribution in [0.1, 0.15) is 12.8 Å². The van der Waals surface area contributed by atoms with E-state index in [2.05, 4.69) is 20.0 Å². The Hall–Kier alpha value is -1.45. The molecule has 20 heavy (non-hydrogen) atoms. The van der Waals surface area contributed by atoms with Crippen LogP contribution in [0.2, 0.25) is 0 Å². The molecule has 2 rings (SSSR count). The number of aromatic nitrogens is 2. The van der Waals surface area contributed by atoms with Gasteiger partial charge >= 0.3 is 0 Å². The summed E-state index contributed by atoms with van der Waals surface area (Å²) >= 11 is 0. The van der Waals surface area contributed by atoms with Crippen LogP contribution in [0.5, 0.6) is 0 Å². The minimum atomic E-state index is -3.53. The fourth-order valence-electron chi connectivity index (χ4n) is 2.16. The van der Waals surface area contributed by atoms with Crippen molar-refractivity contribution >= 4 is 15.9 Å². The number of piperidine rings is 1. The van der Waals surface area contributed by atoms with Crippen LogP contribution in [0, 0.1) is 0 Å². The highest BCUT2D eigenvalue weighted by atomic mass is 32.2. The van der Waals surface area contributed by atoms with Crippen molar-refractivity contribution in [3.8, 4) is 0 Å². The fraction of sp³-hybridized carbons (Fsp3) is 0.636. The van der Waals surface area contributed by atoms with Crippen LogP contribution >= 0.6 is 0 Å². The lowest BCUT2D eigenvalue weighted by Gasteiger charge is -2.31. The van der Waals surface area contributed by atoms with E-state index in [1.54, 1.807) is 7.05 Å². The summed E-state index contributed by atoms with van der Waals surface area (Å²) in [5, 5.41) is 2.65. The average Bonchev–Trinajstić information content (AvgIpc) is 2.95. The zero-order valence-corrected chi connectivity index (χ0v) is 12.1. The maximum atomic E-state index is 12.0. The number of likely N-dealkylation sites (N-methyl/N-ethyl adjacent to an activating group) is 1. The van der Waals surface area contributed by atoms with Crippen molar-refractivity contribution in [3.63, 3.8) is 0 Å². The molecule has 1 aromatic heterocycles. The number of hydrogen-bond acceptors (Lipinski definition) is 5. The van der Waals surface area contributed by atoms with Crippen LogP contribution in [0.3, 0.4) is 0 Å². The van der Waals surface area contributed by atoms with Gasteiger partial charge in [-0.25, -0.2) is 18.1 Å². The summed E-state index contributed by atoms with van der Waals surface area (Å²) in [6, 6.07) is -0.107. The highest BCUT2D eigenvalue weighted by Gasteiger charge is 2.25. The highest BCUT2D eigenvalue weighted by Crippen LogP contribution is 2.13. The molecule has 1 aliphatic heterocycles. The molecule has 1 amide bonds. The first kappa shape index (κ1) is 14.9. The second kappa shape index (κ2) is 6.33. The van der Waals surface area contributed by atoms with Crippen LogP contribution < -0.4 is 10.0 Å². The summed E-state index contributed by atoms with van der Waals surface area (Å²) in [5.41, 5.74) is 0. The quantitative estimate of drug-likeness (QED) is 0.640. The van der Waals surface area contributed by atoms with Crippen LogP contribution in [-0.2, 0) is 14.8 Å². The van der Waals surface area contributed by atoms with E-state index in [1.165, 1.54) is 12.5 Å². The zero-order valence-electron chi connectivity index (χ0n) is 11.3. The molecule has 1 aromatic rings. The molecule has 2 heterocycles. The van der Waals surface area contributed by atoms with E-state index in [0.717, 1.165) is 0 Å². The summed E-state index contributed by atoms with van der Waals surface area (Å²) in [5.74, 6) is -0.0264. The Balaban J connectivity index is 1.84. The molecule has 1 fully saturated rings. The van der Waals surface area contributed by atoms with Crippen molar-refractivity contribution in [1.82, 2.24) is 24.9 Å². The van der Waals surface area contributed by atoms with Crippen molar-refractivity contribution in [2.24, 2.45) is 0 Å². The molecule has 112 valence electrons. The normalized spacial score (nSPS) is 18.1. The van der Waals surface area contributed by atoms with Crippen molar-refractivity contribution in [2.45, 2.75) is 23.9 Å². The van der Waals surface area contributed by atoms with E-state index in [9.17, 15) is 13.2 Å². The number of aromatic amines is 1. The first-order valence-electron chi connectivity index (χ1n) is 6.45. The van der Waals surface area contributed by atoms with Gasteiger partial charge in [0.25, 0.3) is 10.0 Å². The number of imidazole rings is 1. The summed E-state index contributed by atoms with van der Waals surface area (Å²) in [6.07, 6.45) is 3.98. The molecule has 9 heteroatoms. The fourth-order valence-corrected chi connectivity index (χ4v) is 3.37. The van der Waals surface area contributed by atoms with E-state index in [1.807, 2.05) is 4.90 Å². The molecule has 0 bridgehead atoms. The van der Waals surface area contributed by atoms with E-state index in [4.69, 9.17) is 0 Å². The Morgan fingerprint density at radius 1 is 1.50 bits per heavy atom. The lowest BCUT2D eigenvalue weighted by molar-refractivity contribution is -0.122. The van der Waals surface area contributed by atoms with Crippen molar-refractivity contribution in [2.75, 3.05) is 26.7 Å². The van der Waals surface area contributed by atoms with Crippen LogP contribution in [0.25, 0.3) is 0 Å². The van der Waals surface area contributed by atoms with Gasteiger partial charge in [-0.05, 0) is 12.8 Å². The monoisotopic (exact) mass is 301 g/mol. The minimum absolute atomic E-state index is 0.0264. The summed E-state index contributed by atoms with van der Waals surface area (Å²) in [4.78, 5) is 19.6. The maximum absolute atomic E-state index is 12.0. The number of rotatable bonds is 5. The number of hydrogen-bond donors (Lipinski definition) is 3. The van der Waals surface area contributed by atoms with Crippen molar-refractivity contribution < 1.29 is 13.2 Å². The first-order valence-corrected chi connectivity index (χ1v) is 7.93. The van der Waals surface area contributed by atoms with Crippen LogP contribution in [0.15, 0.2) is 17.6 Å². The van der Waals surface area contributed by atoms with Gasteiger partial charge in [0.05, 0.1) is 19.1 Å². The van der Waals surface area contributed by atoms with E-state index in [-0.39, 0.29) is 17.0 Å². The molecule has 0 unspecified atom stereocenters. The average molecular weight is 301 g/mol. The Morgan fingerprint density at radius 2 is 2.20 bits per heavy atom. The van der Waals surface area contributed by atoms with Gasteiger partial charge in [0.1, 0.15) is 0 Å². The smallest absolute Gasteiger partial charge is 0.257 e. The zero-order chi connectivity index (χ0) is 14.6. The van der Waals surface area contributed by atoms with Gasteiger partial charge in [-0.15, -0.1) is 0 Å². The van der Waals surface area contributed by atoms with E-state index in [0.29, 0.717) is 32.5 Å². The van der Waals surface area contributed by atoms with E-state index < -0.39 is 10.0 Å². The van der Waals surface area contributed by atoms with Crippen molar-refractivity contribution in [1.29, 1.82) is 0 Å². The molecule has 1 aliphatic rings. The third kappa shape index (κ3) is 3.78. The Bertz CT molecular complexity index is 534. The van der Waals surface area contributed by atoms with E-state index >= 15 is 0 Å². The molecule has 0 spiro atoms. The first-order chi connectivity index (χ1) is 9.51. The van der Waals surface area contributed by atoms with Gasteiger partial charge in [0.2, 0.25) is 5.91 Å². The number of H-pyrrole nitrogens is 1. The Labute approximate surface area is 118 Å². The van der Waals surface area contributed by atoms with Crippen LogP contribution in [-0.4, -0.2) is 61.9 Å². The Kier molecular flexibility index (Phi) is 4.73. The SMILES string of the molecule is CNC(=O)CN1CCC(NS(=O)(=O)c2cnc[nH]2)CC1.